The zero-order valence-electron chi connectivity index (χ0n) is 13.7. The van der Waals surface area contributed by atoms with Gasteiger partial charge in [0.2, 0.25) is 0 Å². The fraction of sp³-hybridized carbons (Fsp3) is 0.294. The Hall–Kier alpha value is -2.70. The Labute approximate surface area is 137 Å². The molecule has 0 atom stereocenters. The van der Waals surface area contributed by atoms with Crippen LogP contribution in [0.15, 0.2) is 40.7 Å². The highest BCUT2D eigenvalue weighted by molar-refractivity contribution is 5.99. The summed E-state index contributed by atoms with van der Waals surface area (Å²) in [5, 5.41) is 2.93. The molecule has 0 saturated carbocycles. The molecule has 128 valence electrons. The normalized spacial score (nSPS) is 15.2. The number of methoxy groups -OCH3 is 2. The lowest BCUT2D eigenvalue weighted by Gasteiger charge is -2.30. The van der Waals surface area contributed by atoms with Crippen molar-refractivity contribution in [3.05, 3.63) is 57.9 Å². The van der Waals surface area contributed by atoms with Crippen molar-refractivity contribution >= 4 is 11.9 Å². The highest BCUT2D eigenvalue weighted by atomic mass is 19.2. The summed E-state index contributed by atoms with van der Waals surface area (Å²) in [5.74, 6) is -4.38. The maximum absolute atomic E-state index is 13.7. The fourth-order valence-corrected chi connectivity index (χ4v) is 2.78. The van der Waals surface area contributed by atoms with E-state index in [-0.39, 0.29) is 16.7 Å². The number of benzene rings is 1. The molecule has 2 rings (SSSR count). The molecule has 0 saturated heterocycles. The molecule has 24 heavy (non-hydrogen) atoms. The van der Waals surface area contributed by atoms with Crippen LogP contribution < -0.4 is 5.32 Å². The van der Waals surface area contributed by atoms with Crippen molar-refractivity contribution in [1.82, 2.24) is 5.32 Å². The van der Waals surface area contributed by atoms with Crippen LogP contribution in [0.3, 0.4) is 0 Å². The molecular weight excluding hydrogens is 320 g/mol. The first-order valence-electron chi connectivity index (χ1n) is 7.12. The number of halogens is 2. The average molecular weight is 337 g/mol. The first kappa shape index (κ1) is 17.7. The summed E-state index contributed by atoms with van der Waals surface area (Å²) in [6.45, 7) is 3.27. The molecule has 5 nitrogen and oxygen atoms in total. The van der Waals surface area contributed by atoms with E-state index in [4.69, 9.17) is 9.47 Å². The highest BCUT2D eigenvalue weighted by Crippen LogP contribution is 2.39. The third-order valence-electron chi connectivity index (χ3n) is 3.85. The number of nitrogens with one attached hydrogen (secondary N) is 1. The van der Waals surface area contributed by atoms with E-state index in [1.165, 1.54) is 20.3 Å². The average Bonchev–Trinajstić information content (AvgIpc) is 2.55. The molecule has 1 aromatic rings. The molecule has 7 heteroatoms. The van der Waals surface area contributed by atoms with Gasteiger partial charge in [-0.2, -0.15) is 0 Å². The number of esters is 2. The molecule has 0 unspecified atom stereocenters. The highest BCUT2D eigenvalue weighted by Gasteiger charge is 2.37. The van der Waals surface area contributed by atoms with Crippen molar-refractivity contribution in [3.63, 3.8) is 0 Å². The predicted molar refractivity (Wildman–Crippen MR) is 81.7 cm³/mol. The molecule has 1 aliphatic rings. The first-order chi connectivity index (χ1) is 11.3. The summed E-state index contributed by atoms with van der Waals surface area (Å²) in [5.41, 5.74) is 1.43. The number of rotatable bonds is 3. The van der Waals surface area contributed by atoms with E-state index in [0.717, 1.165) is 12.1 Å². The zero-order chi connectivity index (χ0) is 18.0. The van der Waals surface area contributed by atoms with Gasteiger partial charge >= 0.3 is 11.9 Å². The number of ether oxygens (including phenoxy) is 2. The van der Waals surface area contributed by atoms with Gasteiger partial charge < -0.3 is 14.8 Å². The predicted octanol–water partition coefficient (Wildman–Crippen LogP) is 2.55. The second kappa shape index (κ2) is 6.82. The van der Waals surface area contributed by atoms with Crippen LogP contribution in [0.2, 0.25) is 0 Å². The quantitative estimate of drug-likeness (QED) is 0.859. The third-order valence-corrected chi connectivity index (χ3v) is 3.85. The third kappa shape index (κ3) is 3.02. The van der Waals surface area contributed by atoms with Crippen LogP contribution in [0.4, 0.5) is 8.78 Å². The Kier molecular flexibility index (Phi) is 5.02. The van der Waals surface area contributed by atoms with Gasteiger partial charge in [0.1, 0.15) is 0 Å². The van der Waals surface area contributed by atoms with Crippen LogP contribution >= 0.6 is 0 Å². The monoisotopic (exact) mass is 337 g/mol. The van der Waals surface area contributed by atoms with Gasteiger partial charge in [-0.25, -0.2) is 18.4 Å². The summed E-state index contributed by atoms with van der Waals surface area (Å²) in [6, 6.07) is 3.22. The summed E-state index contributed by atoms with van der Waals surface area (Å²) in [4.78, 5) is 24.4. The largest absolute Gasteiger partial charge is 0.466 e. The van der Waals surface area contributed by atoms with Gasteiger partial charge in [0, 0.05) is 11.4 Å². The van der Waals surface area contributed by atoms with Crippen molar-refractivity contribution in [2.24, 2.45) is 0 Å². The SMILES string of the molecule is COC(=O)C1=C(C)NC(C)=C(C(=O)OC)C1c1ccc(F)c(F)c1. The van der Waals surface area contributed by atoms with Crippen LogP contribution in [-0.2, 0) is 19.1 Å². The number of hydrogen-bond donors (Lipinski definition) is 1. The molecule has 0 aromatic heterocycles. The summed E-state index contributed by atoms with van der Waals surface area (Å²) in [6.07, 6.45) is 0. The van der Waals surface area contributed by atoms with Gasteiger partial charge in [-0.05, 0) is 31.5 Å². The van der Waals surface area contributed by atoms with E-state index < -0.39 is 29.5 Å². The molecule has 0 aliphatic carbocycles. The van der Waals surface area contributed by atoms with Crippen LogP contribution in [0.25, 0.3) is 0 Å². The standard InChI is InChI=1S/C17H17F2NO4/c1-8-13(16(21)23-3)15(10-5-6-11(18)12(19)7-10)14(9(2)20-8)17(22)24-4/h5-7,15,20H,1-4H3. The van der Waals surface area contributed by atoms with Crippen LogP contribution in [0.1, 0.15) is 25.3 Å². The molecule has 1 aliphatic heterocycles. The maximum Gasteiger partial charge on any atom is 0.336 e. The number of carbonyl (C=O) groups is 2. The van der Waals surface area contributed by atoms with Gasteiger partial charge in [0.05, 0.1) is 31.3 Å². The van der Waals surface area contributed by atoms with E-state index in [9.17, 15) is 18.4 Å². The van der Waals surface area contributed by atoms with Gasteiger partial charge in [0.15, 0.2) is 11.6 Å². The van der Waals surface area contributed by atoms with Crippen LogP contribution in [-0.4, -0.2) is 26.2 Å². The van der Waals surface area contributed by atoms with Crippen LogP contribution in [0, 0.1) is 11.6 Å². The minimum absolute atomic E-state index is 0.134. The number of hydrogen-bond acceptors (Lipinski definition) is 5. The minimum atomic E-state index is -1.07. The van der Waals surface area contributed by atoms with E-state index in [1.807, 2.05) is 0 Å². The van der Waals surface area contributed by atoms with Gasteiger partial charge in [-0.1, -0.05) is 6.07 Å². The second-order valence-corrected chi connectivity index (χ2v) is 5.29. The van der Waals surface area contributed by atoms with E-state index in [2.05, 4.69) is 5.32 Å². The van der Waals surface area contributed by atoms with Crippen molar-refractivity contribution in [1.29, 1.82) is 0 Å². The van der Waals surface area contributed by atoms with E-state index >= 15 is 0 Å². The molecule has 0 spiro atoms. The molecule has 0 radical (unpaired) electrons. The Balaban J connectivity index is 2.71. The topological polar surface area (TPSA) is 64.6 Å². The lowest BCUT2D eigenvalue weighted by atomic mass is 9.80. The van der Waals surface area contributed by atoms with Crippen molar-refractivity contribution in [2.75, 3.05) is 14.2 Å². The molecule has 0 amide bonds. The van der Waals surface area contributed by atoms with Gasteiger partial charge in [0.25, 0.3) is 0 Å². The number of allylic oxidation sites excluding steroid dienone is 2. The van der Waals surface area contributed by atoms with E-state index in [0.29, 0.717) is 11.4 Å². The number of dihydropyridines is 1. The van der Waals surface area contributed by atoms with E-state index in [1.54, 1.807) is 13.8 Å². The maximum atomic E-state index is 13.7. The number of carbonyl (C=O) groups excluding carboxylic acids is 2. The molecule has 0 fully saturated rings. The van der Waals surface area contributed by atoms with Crippen molar-refractivity contribution in [3.8, 4) is 0 Å². The van der Waals surface area contributed by atoms with Crippen LogP contribution in [0.5, 0.6) is 0 Å². The Morgan fingerprint density at radius 3 is 1.88 bits per heavy atom. The molecule has 1 heterocycles. The lowest BCUT2D eigenvalue weighted by molar-refractivity contribution is -0.137. The molecule has 1 aromatic carbocycles. The Morgan fingerprint density at radius 2 is 1.46 bits per heavy atom. The van der Waals surface area contributed by atoms with Crippen molar-refractivity contribution in [2.45, 2.75) is 19.8 Å². The summed E-state index contributed by atoms with van der Waals surface area (Å²) < 4.78 is 36.5. The minimum Gasteiger partial charge on any atom is -0.466 e. The zero-order valence-corrected chi connectivity index (χ0v) is 13.7. The summed E-state index contributed by atoms with van der Waals surface area (Å²) in [7, 11) is 2.40. The summed E-state index contributed by atoms with van der Waals surface area (Å²) >= 11 is 0. The first-order valence-corrected chi connectivity index (χ1v) is 7.12. The fourth-order valence-electron chi connectivity index (χ4n) is 2.78. The second-order valence-electron chi connectivity index (χ2n) is 5.29. The lowest BCUT2D eigenvalue weighted by Crippen LogP contribution is -2.32. The van der Waals surface area contributed by atoms with Gasteiger partial charge in [-0.3, -0.25) is 0 Å². The smallest absolute Gasteiger partial charge is 0.336 e. The molecule has 1 N–H and O–H groups in total. The molecular formula is C17H17F2NO4. The Morgan fingerprint density at radius 1 is 0.958 bits per heavy atom. The van der Waals surface area contributed by atoms with Crippen molar-refractivity contribution < 1.29 is 27.8 Å². The van der Waals surface area contributed by atoms with Gasteiger partial charge in [-0.15, -0.1) is 0 Å². The molecule has 0 bridgehead atoms. The Bertz CT molecular complexity index is 730.